The third kappa shape index (κ3) is 2.76. The number of amides is 1. The Morgan fingerprint density at radius 3 is 2.90 bits per heavy atom. The van der Waals surface area contributed by atoms with Gasteiger partial charge in [-0.25, -0.2) is 9.97 Å². The fraction of sp³-hybridized carbons (Fsp3) is 0.667. The molecule has 0 N–H and O–H groups in total. The van der Waals surface area contributed by atoms with Crippen LogP contribution in [0.4, 0.5) is 5.95 Å². The lowest BCUT2D eigenvalue weighted by molar-refractivity contribution is -0.133. The normalized spacial score (nSPS) is 22.7. The summed E-state index contributed by atoms with van der Waals surface area (Å²) in [4.78, 5) is 25.2. The van der Waals surface area contributed by atoms with Crippen LogP contribution in [0.2, 0.25) is 0 Å². The molecule has 1 saturated heterocycles. The van der Waals surface area contributed by atoms with E-state index in [9.17, 15) is 4.79 Å². The Kier molecular flexibility index (Phi) is 3.59. The molecule has 0 spiro atoms. The van der Waals surface area contributed by atoms with Crippen LogP contribution in [-0.4, -0.2) is 47.0 Å². The largest absolute Gasteiger partial charge is 0.341 e. The third-order valence-electron chi connectivity index (χ3n) is 4.28. The van der Waals surface area contributed by atoms with E-state index in [0.29, 0.717) is 17.9 Å². The lowest BCUT2D eigenvalue weighted by atomic mass is 10.0. The van der Waals surface area contributed by atoms with E-state index < -0.39 is 0 Å². The van der Waals surface area contributed by atoms with Crippen molar-refractivity contribution in [3.8, 4) is 0 Å². The first-order chi connectivity index (χ1) is 9.65. The Morgan fingerprint density at radius 1 is 1.40 bits per heavy atom. The second-order valence-corrected chi connectivity index (χ2v) is 5.96. The van der Waals surface area contributed by atoms with E-state index in [1.54, 1.807) is 6.20 Å². The van der Waals surface area contributed by atoms with E-state index >= 15 is 0 Å². The maximum atomic E-state index is 12.2. The fourth-order valence-corrected chi connectivity index (χ4v) is 2.84. The van der Waals surface area contributed by atoms with Crippen LogP contribution in [0, 0.1) is 12.8 Å². The first-order valence-corrected chi connectivity index (χ1v) is 7.46. The number of aromatic nitrogens is 2. The minimum Gasteiger partial charge on any atom is -0.341 e. The summed E-state index contributed by atoms with van der Waals surface area (Å²) in [5.41, 5.74) is 0.986. The molecule has 1 aromatic rings. The molecule has 1 atom stereocenters. The standard InChI is InChI=1S/C15H22N4O/c1-11-7-8-16-15(17-11)19-9-3-4-13(10-19)18(2)14(20)12-5-6-12/h7-8,12-13H,3-6,9-10H2,1-2H3. The van der Waals surface area contributed by atoms with E-state index in [4.69, 9.17) is 0 Å². The molecule has 1 aliphatic carbocycles. The van der Waals surface area contributed by atoms with Crippen LogP contribution in [0.5, 0.6) is 0 Å². The SMILES string of the molecule is Cc1ccnc(N2CCCC(N(C)C(=O)C3CC3)C2)n1. The highest BCUT2D eigenvalue weighted by Crippen LogP contribution is 2.32. The van der Waals surface area contributed by atoms with E-state index in [0.717, 1.165) is 50.4 Å². The number of nitrogens with zero attached hydrogens (tertiary/aromatic N) is 4. The molecule has 3 rings (SSSR count). The molecule has 1 aromatic heterocycles. The van der Waals surface area contributed by atoms with Crippen LogP contribution in [0.1, 0.15) is 31.4 Å². The first-order valence-electron chi connectivity index (χ1n) is 7.46. The number of rotatable bonds is 3. The maximum absolute atomic E-state index is 12.2. The Bertz CT molecular complexity index is 500. The summed E-state index contributed by atoms with van der Waals surface area (Å²) in [6.07, 6.45) is 6.11. The quantitative estimate of drug-likeness (QED) is 0.840. The number of piperidine rings is 1. The Labute approximate surface area is 120 Å². The number of hydrogen-bond acceptors (Lipinski definition) is 4. The Morgan fingerprint density at radius 2 is 2.20 bits per heavy atom. The van der Waals surface area contributed by atoms with Gasteiger partial charge in [0.2, 0.25) is 11.9 Å². The molecular weight excluding hydrogens is 252 g/mol. The molecule has 108 valence electrons. The average molecular weight is 274 g/mol. The third-order valence-corrected chi connectivity index (χ3v) is 4.28. The van der Waals surface area contributed by atoms with Gasteiger partial charge in [-0.1, -0.05) is 0 Å². The lowest BCUT2D eigenvalue weighted by Crippen LogP contribution is -2.49. The molecule has 0 aromatic carbocycles. The monoisotopic (exact) mass is 274 g/mol. The lowest BCUT2D eigenvalue weighted by Gasteiger charge is -2.37. The number of anilines is 1. The van der Waals surface area contributed by atoms with Gasteiger partial charge in [0, 0.05) is 44.0 Å². The van der Waals surface area contributed by atoms with Gasteiger partial charge < -0.3 is 9.80 Å². The topological polar surface area (TPSA) is 49.3 Å². The Hall–Kier alpha value is -1.65. The summed E-state index contributed by atoms with van der Waals surface area (Å²) in [6.45, 7) is 3.80. The van der Waals surface area contributed by atoms with Crippen molar-refractivity contribution in [1.82, 2.24) is 14.9 Å². The van der Waals surface area contributed by atoms with E-state index in [2.05, 4.69) is 14.9 Å². The molecular formula is C15H22N4O. The van der Waals surface area contributed by atoms with Crippen molar-refractivity contribution in [1.29, 1.82) is 0 Å². The predicted molar refractivity (Wildman–Crippen MR) is 77.5 cm³/mol. The number of carbonyl (C=O) groups excluding carboxylic acids is 1. The summed E-state index contributed by atoms with van der Waals surface area (Å²) in [7, 11) is 1.95. The minimum atomic E-state index is 0.293. The molecule has 0 radical (unpaired) electrons. The van der Waals surface area contributed by atoms with Crippen molar-refractivity contribution < 1.29 is 4.79 Å². The summed E-state index contributed by atoms with van der Waals surface area (Å²) in [5.74, 6) is 1.41. The summed E-state index contributed by atoms with van der Waals surface area (Å²) in [5, 5.41) is 0. The van der Waals surface area contributed by atoms with Gasteiger partial charge in [0.15, 0.2) is 0 Å². The molecule has 1 saturated carbocycles. The van der Waals surface area contributed by atoms with Gasteiger partial charge in [-0.15, -0.1) is 0 Å². The number of aryl methyl sites for hydroxylation is 1. The number of carbonyl (C=O) groups is 1. The van der Waals surface area contributed by atoms with Crippen LogP contribution < -0.4 is 4.90 Å². The van der Waals surface area contributed by atoms with Crippen molar-refractivity contribution in [3.63, 3.8) is 0 Å². The molecule has 1 unspecified atom stereocenters. The zero-order valence-electron chi connectivity index (χ0n) is 12.2. The van der Waals surface area contributed by atoms with Crippen LogP contribution >= 0.6 is 0 Å². The average Bonchev–Trinajstić information content (AvgIpc) is 3.30. The molecule has 2 heterocycles. The zero-order valence-corrected chi connectivity index (χ0v) is 12.2. The first kappa shape index (κ1) is 13.3. The van der Waals surface area contributed by atoms with Crippen LogP contribution in [0.15, 0.2) is 12.3 Å². The van der Waals surface area contributed by atoms with Crippen LogP contribution in [-0.2, 0) is 4.79 Å². The maximum Gasteiger partial charge on any atom is 0.225 e. The smallest absolute Gasteiger partial charge is 0.225 e. The highest BCUT2D eigenvalue weighted by molar-refractivity contribution is 5.81. The molecule has 20 heavy (non-hydrogen) atoms. The molecule has 0 bridgehead atoms. The minimum absolute atomic E-state index is 0.293. The van der Waals surface area contributed by atoms with Crippen molar-refractivity contribution in [2.45, 2.75) is 38.6 Å². The van der Waals surface area contributed by atoms with Gasteiger partial charge in [0.1, 0.15) is 0 Å². The van der Waals surface area contributed by atoms with Crippen molar-refractivity contribution >= 4 is 11.9 Å². The van der Waals surface area contributed by atoms with E-state index in [1.807, 2.05) is 24.9 Å². The summed E-state index contributed by atoms with van der Waals surface area (Å²) < 4.78 is 0. The second-order valence-electron chi connectivity index (χ2n) is 5.96. The zero-order chi connectivity index (χ0) is 14.1. The molecule has 5 nitrogen and oxygen atoms in total. The molecule has 2 fully saturated rings. The summed E-state index contributed by atoms with van der Waals surface area (Å²) in [6, 6.07) is 2.20. The number of hydrogen-bond donors (Lipinski definition) is 0. The van der Waals surface area contributed by atoms with Gasteiger partial charge in [-0.3, -0.25) is 4.79 Å². The van der Waals surface area contributed by atoms with Gasteiger partial charge in [-0.2, -0.15) is 0 Å². The van der Waals surface area contributed by atoms with E-state index in [1.165, 1.54) is 0 Å². The van der Waals surface area contributed by atoms with Gasteiger partial charge >= 0.3 is 0 Å². The van der Waals surface area contributed by atoms with Crippen LogP contribution in [0.25, 0.3) is 0 Å². The molecule has 1 aliphatic heterocycles. The van der Waals surface area contributed by atoms with Gasteiger partial charge in [0.05, 0.1) is 0 Å². The van der Waals surface area contributed by atoms with Crippen molar-refractivity contribution in [2.75, 3.05) is 25.0 Å². The van der Waals surface area contributed by atoms with Crippen LogP contribution in [0.3, 0.4) is 0 Å². The molecule has 1 amide bonds. The highest BCUT2D eigenvalue weighted by atomic mass is 16.2. The molecule has 2 aliphatic rings. The predicted octanol–water partition coefficient (Wildman–Crippen LogP) is 1.62. The Balaban J connectivity index is 1.68. The van der Waals surface area contributed by atoms with Crippen molar-refractivity contribution in [3.05, 3.63) is 18.0 Å². The van der Waals surface area contributed by atoms with E-state index in [-0.39, 0.29) is 0 Å². The van der Waals surface area contributed by atoms with Gasteiger partial charge in [-0.05, 0) is 38.7 Å². The van der Waals surface area contributed by atoms with Crippen molar-refractivity contribution in [2.24, 2.45) is 5.92 Å². The second kappa shape index (κ2) is 5.38. The number of likely N-dealkylation sites (N-methyl/N-ethyl adjacent to an activating group) is 1. The fourth-order valence-electron chi connectivity index (χ4n) is 2.84. The molecule has 5 heteroatoms. The highest BCUT2D eigenvalue weighted by Gasteiger charge is 2.36. The summed E-state index contributed by atoms with van der Waals surface area (Å²) >= 11 is 0. The van der Waals surface area contributed by atoms with Gasteiger partial charge in [0.25, 0.3) is 0 Å².